The van der Waals surface area contributed by atoms with Gasteiger partial charge in [0.25, 0.3) is 0 Å². The van der Waals surface area contributed by atoms with Crippen molar-refractivity contribution in [1.29, 1.82) is 0 Å². The third kappa shape index (κ3) is 5.91. The standard InChI is InChI=1S/C13H28N4/c1-3-9-17(4-2)10-8-15-13(14)16-11-12-6-5-7-12/h12H,3-11H2,1-2H3,(H3,14,15,16). The molecule has 4 nitrogen and oxygen atoms in total. The number of nitrogens with two attached hydrogens (primary N) is 1. The number of hydrogen-bond donors (Lipinski definition) is 2. The second-order valence-corrected chi connectivity index (χ2v) is 4.88. The summed E-state index contributed by atoms with van der Waals surface area (Å²) in [5, 5.41) is 3.20. The maximum Gasteiger partial charge on any atom is 0.188 e. The number of nitrogens with zero attached hydrogens (tertiary/aromatic N) is 2. The summed E-state index contributed by atoms with van der Waals surface area (Å²) in [6.07, 6.45) is 5.24. The monoisotopic (exact) mass is 240 g/mol. The zero-order chi connectivity index (χ0) is 12.5. The highest BCUT2D eigenvalue weighted by Gasteiger charge is 2.16. The number of nitrogens with one attached hydrogen (secondary N) is 1. The lowest BCUT2D eigenvalue weighted by molar-refractivity contribution is 0.293. The third-order valence-corrected chi connectivity index (χ3v) is 3.47. The minimum absolute atomic E-state index is 0.615. The molecule has 0 radical (unpaired) electrons. The lowest BCUT2D eigenvalue weighted by atomic mass is 9.86. The molecule has 3 N–H and O–H groups in total. The Morgan fingerprint density at radius 1 is 1.35 bits per heavy atom. The van der Waals surface area contributed by atoms with Gasteiger partial charge in [0.1, 0.15) is 0 Å². The van der Waals surface area contributed by atoms with Crippen LogP contribution in [0.2, 0.25) is 0 Å². The van der Waals surface area contributed by atoms with Crippen molar-refractivity contribution in [2.24, 2.45) is 16.6 Å². The second-order valence-electron chi connectivity index (χ2n) is 4.88. The van der Waals surface area contributed by atoms with E-state index in [-0.39, 0.29) is 0 Å². The fourth-order valence-electron chi connectivity index (χ4n) is 2.05. The van der Waals surface area contributed by atoms with Crippen molar-refractivity contribution in [3.05, 3.63) is 0 Å². The average molecular weight is 240 g/mol. The lowest BCUT2D eigenvalue weighted by Gasteiger charge is -2.23. The number of rotatable bonds is 8. The van der Waals surface area contributed by atoms with E-state index in [0.29, 0.717) is 5.96 Å². The van der Waals surface area contributed by atoms with Crippen LogP contribution in [0.5, 0.6) is 0 Å². The summed E-state index contributed by atoms with van der Waals surface area (Å²) >= 11 is 0. The largest absolute Gasteiger partial charge is 0.370 e. The van der Waals surface area contributed by atoms with Gasteiger partial charge in [0.2, 0.25) is 0 Å². The fraction of sp³-hybridized carbons (Fsp3) is 0.923. The van der Waals surface area contributed by atoms with E-state index in [0.717, 1.165) is 38.6 Å². The van der Waals surface area contributed by atoms with Gasteiger partial charge >= 0.3 is 0 Å². The second kappa shape index (κ2) is 8.34. The third-order valence-electron chi connectivity index (χ3n) is 3.47. The van der Waals surface area contributed by atoms with Crippen molar-refractivity contribution in [2.75, 3.05) is 32.7 Å². The molecule has 1 aliphatic carbocycles. The predicted molar refractivity (Wildman–Crippen MR) is 74.2 cm³/mol. The summed E-state index contributed by atoms with van der Waals surface area (Å²) < 4.78 is 0. The molecule has 0 aromatic rings. The summed E-state index contributed by atoms with van der Waals surface area (Å²) in [4.78, 5) is 6.80. The van der Waals surface area contributed by atoms with Crippen molar-refractivity contribution in [2.45, 2.75) is 39.5 Å². The Balaban J connectivity index is 2.07. The van der Waals surface area contributed by atoms with Crippen LogP contribution in [0.4, 0.5) is 0 Å². The predicted octanol–water partition coefficient (Wildman–Crippen LogP) is 1.42. The number of guanidine groups is 1. The molecule has 17 heavy (non-hydrogen) atoms. The first-order chi connectivity index (χ1) is 8.26. The Morgan fingerprint density at radius 3 is 2.65 bits per heavy atom. The molecule has 0 bridgehead atoms. The Kier molecular flexibility index (Phi) is 7.01. The van der Waals surface area contributed by atoms with E-state index in [9.17, 15) is 0 Å². The van der Waals surface area contributed by atoms with Crippen LogP contribution in [0.1, 0.15) is 39.5 Å². The lowest BCUT2D eigenvalue weighted by Crippen LogP contribution is -2.39. The first-order valence-corrected chi connectivity index (χ1v) is 7.02. The van der Waals surface area contributed by atoms with Crippen LogP contribution < -0.4 is 11.1 Å². The Hall–Kier alpha value is -0.770. The van der Waals surface area contributed by atoms with E-state index >= 15 is 0 Å². The van der Waals surface area contributed by atoms with Crippen molar-refractivity contribution in [3.8, 4) is 0 Å². The average Bonchev–Trinajstić information content (AvgIpc) is 2.26. The van der Waals surface area contributed by atoms with Gasteiger partial charge in [-0.05, 0) is 38.3 Å². The first-order valence-electron chi connectivity index (χ1n) is 7.02. The number of likely N-dealkylation sites (N-methyl/N-ethyl adjacent to an activating group) is 1. The van der Waals surface area contributed by atoms with E-state index in [1.165, 1.54) is 25.7 Å². The molecule has 0 atom stereocenters. The molecule has 0 aromatic carbocycles. The van der Waals surface area contributed by atoms with Crippen LogP contribution >= 0.6 is 0 Å². The van der Waals surface area contributed by atoms with Crippen molar-refractivity contribution in [3.63, 3.8) is 0 Å². The highest BCUT2D eigenvalue weighted by atomic mass is 15.2. The smallest absolute Gasteiger partial charge is 0.188 e. The van der Waals surface area contributed by atoms with Gasteiger partial charge in [0, 0.05) is 19.6 Å². The van der Waals surface area contributed by atoms with Gasteiger partial charge in [-0.25, -0.2) is 0 Å². The van der Waals surface area contributed by atoms with E-state index in [1.807, 2.05) is 0 Å². The summed E-state index contributed by atoms with van der Waals surface area (Å²) in [6.45, 7) is 9.53. The summed E-state index contributed by atoms with van der Waals surface area (Å²) in [5.74, 6) is 1.41. The molecule has 0 unspecified atom stereocenters. The number of hydrogen-bond acceptors (Lipinski definition) is 2. The van der Waals surface area contributed by atoms with Crippen LogP contribution in [0.25, 0.3) is 0 Å². The van der Waals surface area contributed by atoms with Crippen LogP contribution in [0, 0.1) is 5.92 Å². The van der Waals surface area contributed by atoms with E-state index in [4.69, 9.17) is 5.73 Å². The Morgan fingerprint density at radius 2 is 2.12 bits per heavy atom. The molecule has 1 fully saturated rings. The van der Waals surface area contributed by atoms with E-state index in [2.05, 4.69) is 29.1 Å². The van der Waals surface area contributed by atoms with Crippen LogP contribution in [-0.2, 0) is 0 Å². The highest BCUT2D eigenvalue weighted by molar-refractivity contribution is 5.77. The maximum atomic E-state index is 5.82. The molecule has 0 aliphatic heterocycles. The van der Waals surface area contributed by atoms with Gasteiger partial charge < -0.3 is 16.0 Å². The SMILES string of the molecule is CCCN(CC)CCNC(N)=NCC1CCC1. The van der Waals surface area contributed by atoms with Gasteiger partial charge in [-0.2, -0.15) is 0 Å². The molecule has 0 saturated heterocycles. The minimum Gasteiger partial charge on any atom is -0.370 e. The molecule has 1 saturated carbocycles. The molecular weight excluding hydrogens is 212 g/mol. The topological polar surface area (TPSA) is 53.6 Å². The van der Waals surface area contributed by atoms with Crippen LogP contribution in [0.3, 0.4) is 0 Å². The Labute approximate surface area is 106 Å². The maximum absolute atomic E-state index is 5.82. The molecule has 0 spiro atoms. The van der Waals surface area contributed by atoms with E-state index in [1.54, 1.807) is 0 Å². The van der Waals surface area contributed by atoms with Gasteiger partial charge in [0.15, 0.2) is 5.96 Å². The van der Waals surface area contributed by atoms with Gasteiger partial charge in [0.05, 0.1) is 0 Å². The summed E-state index contributed by atoms with van der Waals surface area (Å²) in [5.41, 5.74) is 5.82. The zero-order valence-electron chi connectivity index (χ0n) is 11.4. The van der Waals surface area contributed by atoms with Crippen LogP contribution in [-0.4, -0.2) is 43.6 Å². The quantitative estimate of drug-likeness (QED) is 0.498. The molecule has 1 rings (SSSR count). The Bertz CT molecular complexity index is 223. The van der Waals surface area contributed by atoms with Crippen molar-refractivity contribution < 1.29 is 0 Å². The molecule has 0 amide bonds. The molecular formula is C13H28N4. The highest BCUT2D eigenvalue weighted by Crippen LogP contribution is 2.26. The first kappa shape index (κ1) is 14.3. The van der Waals surface area contributed by atoms with Crippen molar-refractivity contribution in [1.82, 2.24) is 10.2 Å². The minimum atomic E-state index is 0.615. The van der Waals surface area contributed by atoms with Gasteiger partial charge in [-0.15, -0.1) is 0 Å². The van der Waals surface area contributed by atoms with Gasteiger partial charge in [-0.1, -0.05) is 20.3 Å². The molecule has 100 valence electrons. The zero-order valence-corrected chi connectivity index (χ0v) is 11.4. The van der Waals surface area contributed by atoms with Gasteiger partial charge in [-0.3, -0.25) is 4.99 Å². The van der Waals surface area contributed by atoms with E-state index < -0.39 is 0 Å². The molecule has 4 heteroatoms. The van der Waals surface area contributed by atoms with Crippen molar-refractivity contribution >= 4 is 5.96 Å². The summed E-state index contributed by atoms with van der Waals surface area (Å²) in [7, 11) is 0. The molecule has 1 aliphatic rings. The number of aliphatic imine (C=N–C) groups is 1. The fourth-order valence-corrected chi connectivity index (χ4v) is 2.05. The molecule has 0 heterocycles. The summed E-state index contributed by atoms with van der Waals surface area (Å²) in [6, 6.07) is 0. The normalized spacial score (nSPS) is 17.2. The van der Waals surface area contributed by atoms with Crippen LogP contribution in [0.15, 0.2) is 4.99 Å². The molecule has 0 aromatic heterocycles.